The van der Waals surface area contributed by atoms with Crippen LogP contribution in [0.2, 0.25) is 0 Å². The minimum Gasteiger partial charge on any atom is -0.353 e. The molecule has 4 aromatic rings. The van der Waals surface area contributed by atoms with E-state index in [9.17, 15) is 0 Å². The van der Waals surface area contributed by atoms with Crippen LogP contribution in [0.4, 0.5) is 0 Å². The lowest BCUT2D eigenvalue weighted by Crippen LogP contribution is -2.26. The third kappa shape index (κ3) is 5.11. The van der Waals surface area contributed by atoms with Gasteiger partial charge < -0.3 is 9.47 Å². The van der Waals surface area contributed by atoms with Crippen LogP contribution in [0.1, 0.15) is 36.9 Å². The van der Waals surface area contributed by atoms with E-state index in [0.29, 0.717) is 25.3 Å². The Morgan fingerprint density at radius 2 is 2.26 bits per heavy atom. The first-order valence-electron chi connectivity index (χ1n) is 11.3. The number of aromatic nitrogens is 6. The summed E-state index contributed by atoms with van der Waals surface area (Å²) in [6.07, 6.45) is 6.76. The molecule has 0 aliphatic carbocycles. The SMILES string of the molecule is C=NN(/C=C(\C)c1ccc2nnn(Cc3nc4cccnc4s3)c2n1)CCOC1CCCCO1. The maximum atomic E-state index is 5.82. The molecule has 34 heavy (non-hydrogen) atoms. The van der Waals surface area contributed by atoms with Crippen molar-refractivity contribution in [1.29, 1.82) is 0 Å². The molecule has 1 saturated heterocycles. The second-order valence-electron chi connectivity index (χ2n) is 8.01. The fourth-order valence-corrected chi connectivity index (χ4v) is 4.66. The molecule has 11 heteroatoms. The van der Waals surface area contributed by atoms with E-state index in [4.69, 9.17) is 14.5 Å². The van der Waals surface area contributed by atoms with Crippen molar-refractivity contribution in [3.8, 4) is 0 Å². The number of hydrogen-bond donors (Lipinski definition) is 0. The molecule has 0 saturated carbocycles. The van der Waals surface area contributed by atoms with Gasteiger partial charge in [0.1, 0.15) is 20.9 Å². The van der Waals surface area contributed by atoms with E-state index in [0.717, 1.165) is 58.0 Å². The molecule has 10 nitrogen and oxygen atoms in total. The Bertz CT molecular complexity index is 1280. The van der Waals surface area contributed by atoms with E-state index in [-0.39, 0.29) is 6.29 Å². The van der Waals surface area contributed by atoms with Gasteiger partial charge in [-0.25, -0.2) is 19.6 Å². The molecule has 4 aromatic heterocycles. The predicted octanol–water partition coefficient (Wildman–Crippen LogP) is 3.70. The first kappa shape index (κ1) is 22.5. The average molecular weight is 479 g/mol. The second kappa shape index (κ2) is 10.3. The molecule has 0 bridgehead atoms. The normalized spacial score (nSPS) is 16.9. The summed E-state index contributed by atoms with van der Waals surface area (Å²) in [5.74, 6) is 0. The number of fused-ring (bicyclic) bond motifs is 2. The molecular formula is C23H26N8O2S. The monoisotopic (exact) mass is 478 g/mol. The molecule has 1 aliphatic rings. The zero-order chi connectivity index (χ0) is 23.3. The van der Waals surface area contributed by atoms with E-state index >= 15 is 0 Å². The van der Waals surface area contributed by atoms with Crippen LogP contribution >= 0.6 is 11.3 Å². The molecule has 1 unspecified atom stereocenters. The van der Waals surface area contributed by atoms with Crippen molar-refractivity contribution < 1.29 is 9.47 Å². The van der Waals surface area contributed by atoms with Crippen molar-refractivity contribution >= 4 is 45.1 Å². The summed E-state index contributed by atoms with van der Waals surface area (Å²) >= 11 is 1.55. The van der Waals surface area contributed by atoms with Gasteiger partial charge in [-0.1, -0.05) is 16.6 Å². The standard InChI is InChI=1S/C23H26N8O2S/c1-16(14-30(24-2)11-13-33-21-7-3-4-12-32-21)17-8-9-18-22(27-17)31(29-28-18)15-20-26-19-6-5-10-25-23(19)34-20/h5-6,8-10,14,21H,2-4,7,11-13,15H2,1H3/b16-14+. The van der Waals surface area contributed by atoms with Crippen LogP contribution in [0.25, 0.3) is 27.1 Å². The lowest BCUT2D eigenvalue weighted by atomic mass is 10.2. The quantitative estimate of drug-likeness (QED) is 0.265. The number of pyridine rings is 2. The third-order valence-electron chi connectivity index (χ3n) is 5.55. The van der Waals surface area contributed by atoms with Gasteiger partial charge in [0, 0.05) is 25.7 Å². The number of thiazole rings is 1. The highest BCUT2D eigenvalue weighted by molar-refractivity contribution is 7.18. The smallest absolute Gasteiger partial charge is 0.179 e. The Balaban J connectivity index is 1.29. The molecular weight excluding hydrogens is 452 g/mol. The van der Waals surface area contributed by atoms with E-state index in [1.807, 2.05) is 37.4 Å². The lowest BCUT2D eigenvalue weighted by molar-refractivity contribution is -0.163. The highest BCUT2D eigenvalue weighted by Gasteiger charge is 2.15. The molecule has 1 fully saturated rings. The van der Waals surface area contributed by atoms with Gasteiger partial charge in [-0.05, 0) is 56.0 Å². The van der Waals surface area contributed by atoms with Gasteiger partial charge in [0.05, 0.1) is 25.4 Å². The van der Waals surface area contributed by atoms with Gasteiger partial charge in [0.2, 0.25) is 0 Å². The van der Waals surface area contributed by atoms with Crippen LogP contribution in [0.5, 0.6) is 0 Å². The van der Waals surface area contributed by atoms with Gasteiger partial charge in [0.25, 0.3) is 0 Å². The van der Waals surface area contributed by atoms with E-state index in [2.05, 4.69) is 32.1 Å². The highest BCUT2D eigenvalue weighted by Crippen LogP contribution is 2.22. The summed E-state index contributed by atoms with van der Waals surface area (Å²) in [4.78, 5) is 14.7. The van der Waals surface area contributed by atoms with E-state index < -0.39 is 0 Å². The predicted molar refractivity (Wildman–Crippen MR) is 131 cm³/mol. The van der Waals surface area contributed by atoms with E-state index in [1.54, 1.807) is 27.2 Å². The van der Waals surface area contributed by atoms with Crippen molar-refractivity contribution in [2.75, 3.05) is 19.8 Å². The summed E-state index contributed by atoms with van der Waals surface area (Å²) in [5, 5.41) is 15.3. The molecule has 0 radical (unpaired) electrons. The minimum absolute atomic E-state index is 0.117. The minimum atomic E-state index is -0.117. The largest absolute Gasteiger partial charge is 0.353 e. The number of hydrazone groups is 1. The average Bonchev–Trinajstić information content (AvgIpc) is 3.47. The van der Waals surface area contributed by atoms with Crippen molar-refractivity contribution in [3.63, 3.8) is 0 Å². The second-order valence-corrected chi connectivity index (χ2v) is 9.07. The van der Waals surface area contributed by atoms with Gasteiger partial charge in [-0.2, -0.15) is 5.10 Å². The fraction of sp³-hybridized carbons (Fsp3) is 0.391. The molecule has 1 atom stereocenters. The molecule has 5 rings (SSSR count). The van der Waals surface area contributed by atoms with Gasteiger partial charge in [-0.3, -0.25) is 5.01 Å². The summed E-state index contributed by atoms with van der Waals surface area (Å²) in [6.45, 7) is 8.01. The number of rotatable bonds is 9. The molecule has 176 valence electrons. The van der Waals surface area contributed by atoms with Crippen LogP contribution in [0.15, 0.2) is 41.8 Å². The lowest BCUT2D eigenvalue weighted by Gasteiger charge is -2.23. The van der Waals surface area contributed by atoms with Crippen LogP contribution < -0.4 is 0 Å². The maximum Gasteiger partial charge on any atom is 0.179 e. The number of ether oxygens (including phenoxy) is 2. The zero-order valence-electron chi connectivity index (χ0n) is 19.0. The maximum absolute atomic E-state index is 5.82. The molecule has 1 aliphatic heterocycles. The number of nitrogens with zero attached hydrogens (tertiary/aromatic N) is 8. The first-order valence-corrected chi connectivity index (χ1v) is 12.1. The summed E-state index contributed by atoms with van der Waals surface area (Å²) < 4.78 is 13.2. The zero-order valence-corrected chi connectivity index (χ0v) is 19.8. The summed E-state index contributed by atoms with van der Waals surface area (Å²) in [6, 6.07) is 7.70. The van der Waals surface area contributed by atoms with Gasteiger partial charge >= 0.3 is 0 Å². The Labute approximate surface area is 200 Å². The first-order chi connectivity index (χ1) is 16.7. The Kier molecular flexibility index (Phi) is 6.84. The van der Waals surface area contributed by atoms with Crippen LogP contribution in [-0.2, 0) is 16.0 Å². The Morgan fingerprint density at radius 3 is 3.09 bits per heavy atom. The summed E-state index contributed by atoms with van der Waals surface area (Å²) in [5.41, 5.74) is 4.08. The fourth-order valence-electron chi connectivity index (χ4n) is 3.78. The Hall–Kier alpha value is -3.28. The van der Waals surface area contributed by atoms with Gasteiger partial charge in [-0.15, -0.1) is 5.10 Å². The van der Waals surface area contributed by atoms with Crippen molar-refractivity contribution in [2.24, 2.45) is 5.10 Å². The molecule has 0 N–H and O–H groups in total. The van der Waals surface area contributed by atoms with Crippen LogP contribution in [-0.4, -0.2) is 67.7 Å². The van der Waals surface area contributed by atoms with Crippen molar-refractivity contribution in [2.45, 2.75) is 39.0 Å². The summed E-state index contributed by atoms with van der Waals surface area (Å²) in [7, 11) is 0. The molecule has 5 heterocycles. The van der Waals surface area contributed by atoms with Crippen molar-refractivity contribution in [3.05, 3.63) is 47.4 Å². The third-order valence-corrected chi connectivity index (χ3v) is 6.51. The molecule has 0 spiro atoms. The number of allylic oxidation sites excluding steroid dienone is 1. The van der Waals surface area contributed by atoms with Gasteiger partial charge in [0.15, 0.2) is 11.9 Å². The highest BCUT2D eigenvalue weighted by atomic mass is 32.1. The van der Waals surface area contributed by atoms with Crippen molar-refractivity contribution in [1.82, 2.24) is 35.0 Å². The van der Waals surface area contributed by atoms with E-state index in [1.165, 1.54) is 0 Å². The topological polar surface area (TPSA) is 103 Å². The number of hydrogen-bond acceptors (Lipinski definition) is 10. The van der Waals surface area contributed by atoms with Crippen LogP contribution in [0.3, 0.4) is 0 Å². The Morgan fingerprint density at radius 1 is 1.32 bits per heavy atom. The van der Waals surface area contributed by atoms with Crippen LogP contribution in [0, 0.1) is 0 Å². The molecule has 0 aromatic carbocycles. The molecule has 0 amide bonds.